The standard InChI is InChI=1S/C18H24N2/c1-13(2)16-8-7-14(3)17(10-16)12-20-11-15-5-4-6-18(19)9-15/h4-10,13,20H,11-12,19H2,1-3H3. The molecule has 0 amide bonds. The molecule has 0 unspecified atom stereocenters. The van der Waals surface area contributed by atoms with E-state index in [0.29, 0.717) is 5.92 Å². The van der Waals surface area contributed by atoms with E-state index >= 15 is 0 Å². The summed E-state index contributed by atoms with van der Waals surface area (Å²) in [6, 6.07) is 14.8. The molecule has 2 rings (SSSR count). The fourth-order valence-corrected chi connectivity index (χ4v) is 2.29. The number of hydrogen-bond acceptors (Lipinski definition) is 2. The van der Waals surface area contributed by atoms with E-state index in [1.165, 1.54) is 22.3 Å². The van der Waals surface area contributed by atoms with Crippen LogP contribution in [-0.2, 0) is 13.1 Å². The molecular formula is C18H24N2. The summed E-state index contributed by atoms with van der Waals surface area (Å²) >= 11 is 0. The number of rotatable bonds is 5. The van der Waals surface area contributed by atoms with Crippen LogP contribution in [-0.4, -0.2) is 0 Å². The van der Waals surface area contributed by atoms with Crippen molar-refractivity contribution in [2.24, 2.45) is 0 Å². The molecule has 0 aromatic heterocycles. The maximum atomic E-state index is 5.79. The van der Waals surface area contributed by atoms with Gasteiger partial charge in [-0.25, -0.2) is 0 Å². The summed E-state index contributed by atoms with van der Waals surface area (Å²) in [5.74, 6) is 0.572. The van der Waals surface area contributed by atoms with Gasteiger partial charge in [0.2, 0.25) is 0 Å². The van der Waals surface area contributed by atoms with Gasteiger partial charge in [-0.2, -0.15) is 0 Å². The van der Waals surface area contributed by atoms with E-state index in [9.17, 15) is 0 Å². The molecule has 0 atom stereocenters. The van der Waals surface area contributed by atoms with Crippen molar-refractivity contribution in [3.8, 4) is 0 Å². The molecule has 2 aromatic rings. The van der Waals surface area contributed by atoms with Crippen molar-refractivity contribution in [1.82, 2.24) is 5.32 Å². The second-order valence-electron chi connectivity index (χ2n) is 5.69. The zero-order valence-corrected chi connectivity index (χ0v) is 12.6. The van der Waals surface area contributed by atoms with Crippen LogP contribution in [0.25, 0.3) is 0 Å². The number of nitrogens with one attached hydrogen (secondary N) is 1. The van der Waals surface area contributed by atoms with Crippen LogP contribution in [0, 0.1) is 6.92 Å². The maximum Gasteiger partial charge on any atom is 0.0317 e. The molecule has 2 heteroatoms. The normalized spacial score (nSPS) is 11.0. The Labute approximate surface area is 122 Å². The average Bonchev–Trinajstić information content (AvgIpc) is 2.40. The average molecular weight is 268 g/mol. The first kappa shape index (κ1) is 14.6. The van der Waals surface area contributed by atoms with Gasteiger partial charge in [0, 0.05) is 18.8 Å². The quantitative estimate of drug-likeness (QED) is 0.805. The lowest BCUT2D eigenvalue weighted by Crippen LogP contribution is -2.14. The molecule has 0 aliphatic heterocycles. The number of aryl methyl sites for hydroxylation is 1. The first-order chi connectivity index (χ1) is 9.56. The highest BCUT2D eigenvalue weighted by Crippen LogP contribution is 2.18. The van der Waals surface area contributed by atoms with Gasteiger partial charge >= 0.3 is 0 Å². The van der Waals surface area contributed by atoms with Crippen LogP contribution in [0.15, 0.2) is 42.5 Å². The minimum atomic E-state index is 0.572. The zero-order chi connectivity index (χ0) is 14.5. The third-order valence-electron chi connectivity index (χ3n) is 3.64. The van der Waals surface area contributed by atoms with Crippen molar-refractivity contribution >= 4 is 5.69 Å². The van der Waals surface area contributed by atoms with E-state index in [2.05, 4.69) is 50.4 Å². The fourth-order valence-electron chi connectivity index (χ4n) is 2.29. The fraction of sp³-hybridized carbons (Fsp3) is 0.333. The van der Waals surface area contributed by atoms with Crippen LogP contribution in [0.3, 0.4) is 0 Å². The Morgan fingerprint density at radius 3 is 2.55 bits per heavy atom. The molecule has 0 saturated heterocycles. The van der Waals surface area contributed by atoms with Gasteiger partial charge in [0.25, 0.3) is 0 Å². The molecule has 0 radical (unpaired) electrons. The summed E-state index contributed by atoms with van der Waals surface area (Å²) in [5.41, 5.74) is 12.0. The van der Waals surface area contributed by atoms with E-state index in [4.69, 9.17) is 5.73 Å². The summed E-state index contributed by atoms with van der Waals surface area (Å²) in [5, 5.41) is 3.50. The Kier molecular flexibility index (Phi) is 4.80. The van der Waals surface area contributed by atoms with Gasteiger partial charge in [0.15, 0.2) is 0 Å². The third kappa shape index (κ3) is 3.84. The molecule has 3 N–H and O–H groups in total. The van der Waals surface area contributed by atoms with Gasteiger partial charge in [0.05, 0.1) is 0 Å². The molecule has 0 saturated carbocycles. The number of nitrogen functional groups attached to an aromatic ring is 1. The number of benzene rings is 2. The number of anilines is 1. The summed E-state index contributed by atoms with van der Waals surface area (Å²) in [6.07, 6.45) is 0. The SMILES string of the molecule is Cc1ccc(C(C)C)cc1CNCc1cccc(N)c1. The first-order valence-corrected chi connectivity index (χ1v) is 7.21. The van der Waals surface area contributed by atoms with Gasteiger partial charge in [0.1, 0.15) is 0 Å². The Morgan fingerprint density at radius 1 is 1.05 bits per heavy atom. The molecule has 0 fully saturated rings. The van der Waals surface area contributed by atoms with Crippen molar-refractivity contribution < 1.29 is 0 Å². The van der Waals surface area contributed by atoms with Gasteiger partial charge in [-0.1, -0.05) is 44.2 Å². The summed E-state index contributed by atoms with van der Waals surface area (Å²) in [4.78, 5) is 0. The van der Waals surface area contributed by atoms with Crippen LogP contribution < -0.4 is 11.1 Å². The summed E-state index contributed by atoms with van der Waals surface area (Å²) in [6.45, 7) is 8.36. The molecule has 0 spiro atoms. The van der Waals surface area contributed by atoms with Crippen LogP contribution >= 0.6 is 0 Å². The van der Waals surface area contributed by atoms with E-state index in [-0.39, 0.29) is 0 Å². The lowest BCUT2D eigenvalue weighted by atomic mass is 9.98. The highest BCUT2D eigenvalue weighted by molar-refractivity contribution is 5.40. The molecule has 0 aliphatic rings. The largest absolute Gasteiger partial charge is 0.399 e. The molecule has 20 heavy (non-hydrogen) atoms. The molecule has 106 valence electrons. The second kappa shape index (κ2) is 6.58. The first-order valence-electron chi connectivity index (χ1n) is 7.21. The highest BCUT2D eigenvalue weighted by Gasteiger charge is 2.03. The number of hydrogen-bond donors (Lipinski definition) is 2. The van der Waals surface area contributed by atoms with E-state index in [1.54, 1.807) is 0 Å². The van der Waals surface area contributed by atoms with Crippen LogP contribution in [0.2, 0.25) is 0 Å². The summed E-state index contributed by atoms with van der Waals surface area (Å²) < 4.78 is 0. The zero-order valence-electron chi connectivity index (χ0n) is 12.6. The predicted octanol–water partition coefficient (Wildman–Crippen LogP) is 3.99. The Bertz CT molecular complexity index is 573. The minimum Gasteiger partial charge on any atom is -0.399 e. The Morgan fingerprint density at radius 2 is 1.85 bits per heavy atom. The lowest BCUT2D eigenvalue weighted by molar-refractivity contribution is 0.689. The lowest BCUT2D eigenvalue weighted by Gasteiger charge is -2.12. The minimum absolute atomic E-state index is 0.572. The van der Waals surface area contributed by atoms with Gasteiger partial charge in [-0.15, -0.1) is 0 Å². The van der Waals surface area contributed by atoms with Crippen LogP contribution in [0.1, 0.15) is 42.0 Å². The molecule has 2 aromatic carbocycles. The van der Waals surface area contributed by atoms with Crippen molar-refractivity contribution in [1.29, 1.82) is 0 Å². The Balaban J connectivity index is 1.98. The molecule has 0 bridgehead atoms. The van der Waals surface area contributed by atoms with E-state index in [1.807, 2.05) is 18.2 Å². The van der Waals surface area contributed by atoms with Crippen molar-refractivity contribution in [2.75, 3.05) is 5.73 Å². The van der Waals surface area contributed by atoms with Crippen molar-refractivity contribution in [3.63, 3.8) is 0 Å². The van der Waals surface area contributed by atoms with E-state index < -0.39 is 0 Å². The van der Waals surface area contributed by atoms with Gasteiger partial charge in [-0.05, 0) is 47.2 Å². The van der Waals surface area contributed by atoms with Gasteiger partial charge < -0.3 is 11.1 Å². The molecule has 2 nitrogen and oxygen atoms in total. The summed E-state index contributed by atoms with van der Waals surface area (Å²) in [7, 11) is 0. The Hall–Kier alpha value is -1.80. The van der Waals surface area contributed by atoms with Gasteiger partial charge in [-0.3, -0.25) is 0 Å². The predicted molar refractivity (Wildman–Crippen MR) is 86.7 cm³/mol. The van der Waals surface area contributed by atoms with Crippen LogP contribution in [0.4, 0.5) is 5.69 Å². The molecule has 0 aliphatic carbocycles. The van der Waals surface area contributed by atoms with Crippen molar-refractivity contribution in [3.05, 3.63) is 64.7 Å². The van der Waals surface area contributed by atoms with E-state index in [0.717, 1.165) is 18.8 Å². The van der Waals surface area contributed by atoms with Crippen molar-refractivity contribution in [2.45, 2.75) is 39.8 Å². The second-order valence-corrected chi connectivity index (χ2v) is 5.69. The topological polar surface area (TPSA) is 38.0 Å². The molecule has 0 heterocycles. The number of nitrogens with two attached hydrogens (primary N) is 1. The highest BCUT2D eigenvalue weighted by atomic mass is 14.8. The smallest absolute Gasteiger partial charge is 0.0317 e. The monoisotopic (exact) mass is 268 g/mol. The third-order valence-corrected chi connectivity index (χ3v) is 3.64. The van der Waals surface area contributed by atoms with Crippen LogP contribution in [0.5, 0.6) is 0 Å². The maximum absolute atomic E-state index is 5.79. The molecular weight excluding hydrogens is 244 g/mol.